The van der Waals surface area contributed by atoms with Crippen molar-refractivity contribution >= 4 is 11.6 Å². The van der Waals surface area contributed by atoms with Crippen molar-refractivity contribution in [2.45, 2.75) is 26.1 Å². The van der Waals surface area contributed by atoms with Crippen LogP contribution >= 0.6 is 0 Å². The Hall–Kier alpha value is -2.40. The monoisotopic (exact) mass is 325 g/mol. The Balaban J connectivity index is 1.81. The first-order valence-corrected chi connectivity index (χ1v) is 8.37. The normalized spacial score (nSPS) is 20.7. The third-order valence-corrected chi connectivity index (χ3v) is 4.11. The molecule has 5 nitrogen and oxygen atoms in total. The smallest absolute Gasteiger partial charge is 0.269 e. The fourth-order valence-electron chi connectivity index (χ4n) is 3.01. The number of anilines is 1. The van der Waals surface area contributed by atoms with Gasteiger partial charge in [0.1, 0.15) is 11.8 Å². The van der Waals surface area contributed by atoms with Gasteiger partial charge in [0, 0.05) is 31.5 Å². The summed E-state index contributed by atoms with van der Waals surface area (Å²) in [5, 5.41) is 2.79. The molecule has 126 valence electrons. The van der Waals surface area contributed by atoms with Crippen LogP contribution in [0, 0.1) is 0 Å². The van der Waals surface area contributed by atoms with Crippen LogP contribution in [0.25, 0.3) is 0 Å². The number of amides is 1. The minimum absolute atomic E-state index is 0.0241. The molecule has 1 aromatic carbocycles. The minimum Gasteiger partial charge on any atom is -0.367 e. The summed E-state index contributed by atoms with van der Waals surface area (Å²) < 4.78 is 6.10. The van der Waals surface area contributed by atoms with E-state index in [-0.39, 0.29) is 18.1 Å². The van der Waals surface area contributed by atoms with E-state index in [1.165, 1.54) is 5.56 Å². The van der Waals surface area contributed by atoms with Crippen LogP contribution in [-0.2, 0) is 4.74 Å². The van der Waals surface area contributed by atoms with Crippen LogP contribution in [0.1, 0.15) is 36.0 Å². The standard InChI is InChI=1S/C19H23N3O2/c1-3-20-19(23)17-11-16(9-10-21-17)22-12-14(2)24-18(13-22)15-7-5-4-6-8-15/h4-11,14,18H,3,12-13H2,1-2H3,(H,20,23)/t14-,18+/m0/s1. The third kappa shape index (κ3) is 3.74. The molecule has 2 heterocycles. The Morgan fingerprint density at radius 3 is 2.83 bits per heavy atom. The fraction of sp³-hybridized carbons (Fsp3) is 0.368. The van der Waals surface area contributed by atoms with E-state index in [1.54, 1.807) is 6.20 Å². The minimum atomic E-state index is -0.139. The summed E-state index contributed by atoms with van der Waals surface area (Å²) in [5.41, 5.74) is 2.62. The molecule has 2 atom stereocenters. The highest BCUT2D eigenvalue weighted by Crippen LogP contribution is 2.28. The Bertz CT molecular complexity index is 690. The molecule has 1 amide bonds. The molecule has 24 heavy (non-hydrogen) atoms. The lowest BCUT2D eigenvalue weighted by Gasteiger charge is -2.38. The van der Waals surface area contributed by atoms with E-state index in [1.807, 2.05) is 37.3 Å². The van der Waals surface area contributed by atoms with E-state index in [4.69, 9.17) is 4.74 Å². The van der Waals surface area contributed by atoms with Gasteiger partial charge in [-0.2, -0.15) is 0 Å². The van der Waals surface area contributed by atoms with Gasteiger partial charge in [-0.15, -0.1) is 0 Å². The highest BCUT2D eigenvalue weighted by molar-refractivity contribution is 5.93. The average Bonchev–Trinajstić information content (AvgIpc) is 2.62. The average molecular weight is 325 g/mol. The van der Waals surface area contributed by atoms with Crippen LogP contribution in [0.3, 0.4) is 0 Å². The zero-order chi connectivity index (χ0) is 16.9. The molecule has 0 spiro atoms. The number of ether oxygens (including phenoxy) is 1. The zero-order valence-electron chi connectivity index (χ0n) is 14.1. The number of benzene rings is 1. The molecule has 0 unspecified atom stereocenters. The molecule has 1 aliphatic rings. The predicted octanol–water partition coefficient (Wildman–Crippen LogP) is 2.80. The highest BCUT2D eigenvalue weighted by Gasteiger charge is 2.27. The lowest BCUT2D eigenvalue weighted by atomic mass is 10.1. The van der Waals surface area contributed by atoms with Crippen molar-refractivity contribution in [1.29, 1.82) is 0 Å². The molecular formula is C19H23N3O2. The lowest BCUT2D eigenvalue weighted by Crippen LogP contribution is -2.43. The van der Waals surface area contributed by atoms with Crippen LogP contribution in [0.2, 0.25) is 0 Å². The summed E-state index contributed by atoms with van der Waals surface area (Å²) >= 11 is 0. The summed E-state index contributed by atoms with van der Waals surface area (Å²) in [6.07, 6.45) is 1.83. The zero-order valence-corrected chi connectivity index (χ0v) is 14.1. The van der Waals surface area contributed by atoms with Crippen LogP contribution in [0.15, 0.2) is 48.7 Å². The molecule has 3 rings (SSSR count). The van der Waals surface area contributed by atoms with E-state index in [2.05, 4.69) is 34.3 Å². The van der Waals surface area contributed by atoms with E-state index in [0.717, 1.165) is 18.8 Å². The second kappa shape index (κ2) is 7.45. The number of carbonyl (C=O) groups is 1. The molecule has 0 bridgehead atoms. The van der Waals surface area contributed by atoms with Crippen LogP contribution in [-0.4, -0.2) is 36.6 Å². The first kappa shape index (κ1) is 16.5. The SMILES string of the molecule is CCNC(=O)c1cc(N2C[C@H](C)O[C@@H](c3ccccc3)C2)ccn1. The number of carbonyl (C=O) groups excluding carboxylic acids is 1. The maximum atomic E-state index is 12.0. The van der Waals surface area contributed by atoms with Gasteiger partial charge in [-0.05, 0) is 31.5 Å². The molecule has 2 aromatic rings. The van der Waals surface area contributed by atoms with Gasteiger partial charge in [0.25, 0.3) is 5.91 Å². The Morgan fingerprint density at radius 1 is 1.29 bits per heavy atom. The molecule has 1 aromatic heterocycles. The van der Waals surface area contributed by atoms with Crippen molar-refractivity contribution < 1.29 is 9.53 Å². The number of aromatic nitrogens is 1. The molecule has 0 saturated carbocycles. The second-order valence-electron chi connectivity index (χ2n) is 6.01. The summed E-state index contributed by atoms with van der Waals surface area (Å²) in [5.74, 6) is -0.139. The number of nitrogens with zero attached hydrogens (tertiary/aromatic N) is 2. The number of hydrogen-bond donors (Lipinski definition) is 1. The number of pyridine rings is 1. The molecule has 1 aliphatic heterocycles. The van der Waals surface area contributed by atoms with Crippen molar-refractivity contribution in [2.24, 2.45) is 0 Å². The van der Waals surface area contributed by atoms with Gasteiger partial charge in [-0.3, -0.25) is 9.78 Å². The van der Waals surface area contributed by atoms with Gasteiger partial charge in [-0.1, -0.05) is 30.3 Å². The van der Waals surface area contributed by atoms with Crippen molar-refractivity contribution in [3.8, 4) is 0 Å². The number of hydrogen-bond acceptors (Lipinski definition) is 4. The molecule has 1 N–H and O–H groups in total. The third-order valence-electron chi connectivity index (χ3n) is 4.11. The fourth-order valence-corrected chi connectivity index (χ4v) is 3.01. The summed E-state index contributed by atoms with van der Waals surface area (Å²) in [4.78, 5) is 18.5. The number of rotatable bonds is 4. The molecule has 1 saturated heterocycles. The largest absolute Gasteiger partial charge is 0.367 e. The number of morpholine rings is 1. The quantitative estimate of drug-likeness (QED) is 0.939. The molecule has 0 aliphatic carbocycles. The van der Waals surface area contributed by atoms with Crippen molar-refractivity contribution in [2.75, 3.05) is 24.5 Å². The van der Waals surface area contributed by atoms with Crippen LogP contribution in [0.5, 0.6) is 0 Å². The van der Waals surface area contributed by atoms with Gasteiger partial charge in [0.15, 0.2) is 0 Å². The maximum Gasteiger partial charge on any atom is 0.269 e. The van der Waals surface area contributed by atoms with E-state index < -0.39 is 0 Å². The van der Waals surface area contributed by atoms with E-state index in [9.17, 15) is 4.79 Å². The van der Waals surface area contributed by atoms with Crippen molar-refractivity contribution in [3.05, 3.63) is 59.9 Å². The Kier molecular flexibility index (Phi) is 5.11. The maximum absolute atomic E-state index is 12.0. The van der Waals surface area contributed by atoms with Gasteiger partial charge < -0.3 is 15.0 Å². The van der Waals surface area contributed by atoms with E-state index in [0.29, 0.717) is 12.2 Å². The lowest BCUT2D eigenvalue weighted by molar-refractivity contribution is -0.0173. The first-order chi connectivity index (χ1) is 11.7. The molecule has 1 fully saturated rings. The molecule has 0 radical (unpaired) electrons. The van der Waals surface area contributed by atoms with Gasteiger partial charge in [-0.25, -0.2) is 0 Å². The Labute approximate surface area is 142 Å². The van der Waals surface area contributed by atoms with Crippen molar-refractivity contribution in [3.63, 3.8) is 0 Å². The molecular weight excluding hydrogens is 302 g/mol. The van der Waals surface area contributed by atoms with Gasteiger partial charge in [0.05, 0.1) is 6.10 Å². The van der Waals surface area contributed by atoms with Crippen molar-refractivity contribution in [1.82, 2.24) is 10.3 Å². The predicted molar refractivity (Wildman–Crippen MR) is 94.2 cm³/mol. The Morgan fingerprint density at radius 2 is 2.08 bits per heavy atom. The second-order valence-corrected chi connectivity index (χ2v) is 6.01. The highest BCUT2D eigenvalue weighted by atomic mass is 16.5. The summed E-state index contributed by atoms with van der Waals surface area (Å²) in [7, 11) is 0. The first-order valence-electron chi connectivity index (χ1n) is 8.37. The summed E-state index contributed by atoms with van der Waals surface area (Å²) in [6.45, 7) is 6.12. The molecule has 5 heteroatoms. The topological polar surface area (TPSA) is 54.5 Å². The van der Waals surface area contributed by atoms with Gasteiger partial charge >= 0.3 is 0 Å². The van der Waals surface area contributed by atoms with Crippen LogP contribution < -0.4 is 10.2 Å². The van der Waals surface area contributed by atoms with Gasteiger partial charge in [0.2, 0.25) is 0 Å². The number of nitrogens with one attached hydrogen (secondary N) is 1. The van der Waals surface area contributed by atoms with Crippen LogP contribution in [0.4, 0.5) is 5.69 Å². The van der Waals surface area contributed by atoms with E-state index >= 15 is 0 Å². The summed E-state index contributed by atoms with van der Waals surface area (Å²) in [6, 6.07) is 14.0.